The van der Waals surface area contributed by atoms with Crippen LogP contribution in [0.1, 0.15) is 25.7 Å². The average molecular weight is 226 g/mol. The van der Waals surface area contributed by atoms with E-state index in [-0.39, 0.29) is 6.04 Å². The van der Waals surface area contributed by atoms with Crippen LogP contribution in [0.15, 0.2) is 18.3 Å². The van der Waals surface area contributed by atoms with Crippen LogP contribution in [0.2, 0.25) is 5.02 Å². The molecule has 0 bridgehead atoms. The van der Waals surface area contributed by atoms with Crippen LogP contribution in [-0.2, 0) is 0 Å². The second-order valence-corrected chi connectivity index (χ2v) is 4.50. The molecule has 4 heteroatoms. The standard InChI is InChI=1S/C11H16ClN3/c12-8-5-6-11(14-7-8)15-10-4-2-1-3-9(10)13/h5-7,9-10H,1-4,13H2,(H,14,15). The Labute approximate surface area is 95.0 Å². The second kappa shape index (κ2) is 4.81. The molecule has 3 N–H and O–H groups in total. The van der Waals surface area contributed by atoms with Gasteiger partial charge in [-0.2, -0.15) is 0 Å². The monoisotopic (exact) mass is 225 g/mol. The lowest BCUT2D eigenvalue weighted by atomic mass is 9.91. The zero-order valence-electron chi connectivity index (χ0n) is 8.62. The van der Waals surface area contributed by atoms with Crippen molar-refractivity contribution in [3.63, 3.8) is 0 Å². The van der Waals surface area contributed by atoms with Gasteiger partial charge >= 0.3 is 0 Å². The van der Waals surface area contributed by atoms with Crippen molar-refractivity contribution in [2.75, 3.05) is 5.32 Å². The van der Waals surface area contributed by atoms with Crippen LogP contribution in [-0.4, -0.2) is 17.1 Å². The summed E-state index contributed by atoms with van der Waals surface area (Å²) in [6, 6.07) is 4.33. The number of aromatic nitrogens is 1. The van der Waals surface area contributed by atoms with Crippen molar-refractivity contribution >= 4 is 17.4 Å². The molecule has 0 aliphatic heterocycles. The molecule has 1 heterocycles. The van der Waals surface area contributed by atoms with E-state index in [1.165, 1.54) is 12.8 Å². The highest BCUT2D eigenvalue weighted by molar-refractivity contribution is 6.30. The number of hydrogen-bond donors (Lipinski definition) is 2. The Kier molecular flexibility index (Phi) is 3.44. The first-order valence-electron chi connectivity index (χ1n) is 5.39. The fourth-order valence-electron chi connectivity index (χ4n) is 1.99. The van der Waals surface area contributed by atoms with Gasteiger partial charge in [0.15, 0.2) is 0 Å². The number of anilines is 1. The summed E-state index contributed by atoms with van der Waals surface area (Å²) in [4.78, 5) is 4.21. The Hall–Kier alpha value is -0.800. The lowest BCUT2D eigenvalue weighted by Crippen LogP contribution is -2.42. The minimum Gasteiger partial charge on any atom is -0.366 e. The summed E-state index contributed by atoms with van der Waals surface area (Å²) in [5, 5.41) is 4.02. The predicted molar refractivity (Wildman–Crippen MR) is 63.1 cm³/mol. The topological polar surface area (TPSA) is 50.9 Å². The minimum absolute atomic E-state index is 0.247. The summed E-state index contributed by atoms with van der Waals surface area (Å²) in [5.74, 6) is 0.863. The van der Waals surface area contributed by atoms with Gasteiger partial charge in [-0.05, 0) is 25.0 Å². The Morgan fingerprint density at radius 2 is 2.13 bits per heavy atom. The molecule has 3 nitrogen and oxygen atoms in total. The maximum atomic E-state index is 6.04. The van der Waals surface area contributed by atoms with Crippen molar-refractivity contribution in [1.29, 1.82) is 0 Å². The van der Waals surface area contributed by atoms with Crippen LogP contribution >= 0.6 is 11.6 Å². The van der Waals surface area contributed by atoms with E-state index >= 15 is 0 Å². The molecule has 2 rings (SSSR count). The van der Waals surface area contributed by atoms with Gasteiger partial charge in [0, 0.05) is 18.3 Å². The summed E-state index contributed by atoms with van der Waals surface area (Å²) < 4.78 is 0. The fourth-order valence-corrected chi connectivity index (χ4v) is 2.10. The molecular formula is C11H16ClN3. The Balaban J connectivity index is 1.98. The van der Waals surface area contributed by atoms with Gasteiger partial charge in [0.05, 0.1) is 5.02 Å². The van der Waals surface area contributed by atoms with Crippen LogP contribution in [0, 0.1) is 0 Å². The molecule has 1 aromatic rings. The van der Waals surface area contributed by atoms with Gasteiger partial charge in [0.25, 0.3) is 0 Å². The van der Waals surface area contributed by atoms with Gasteiger partial charge < -0.3 is 11.1 Å². The molecular weight excluding hydrogens is 210 g/mol. The number of hydrogen-bond acceptors (Lipinski definition) is 3. The van der Waals surface area contributed by atoms with Crippen LogP contribution < -0.4 is 11.1 Å². The molecule has 1 aliphatic carbocycles. The van der Waals surface area contributed by atoms with Gasteiger partial charge in [-0.3, -0.25) is 0 Å². The number of nitrogens with one attached hydrogen (secondary N) is 1. The molecule has 2 unspecified atom stereocenters. The molecule has 15 heavy (non-hydrogen) atoms. The zero-order valence-corrected chi connectivity index (χ0v) is 9.37. The molecule has 0 saturated heterocycles. The summed E-state index contributed by atoms with van der Waals surface area (Å²) >= 11 is 5.77. The van der Waals surface area contributed by atoms with Gasteiger partial charge in [-0.25, -0.2) is 4.98 Å². The molecule has 0 radical (unpaired) electrons. The van der Waals surface area contributed by atoms with Crippen molar-refractivity contribution < 1.29 is 0 Å². The van der Waals surface area contributed by atoms with Gasteiger partial charge in [-0.1, -0.05) is 24.4 Å². The Morgan fingerprint density at radius 3 is 2.80 bits per heavy atom. The maximum Gasteiger partial charge on any atom is 0.126 e. The Morgan fingerprint density at radius 1 is 1.33 bits per heavy atom. The van der Waals surface area contributed by atoms with Gasteiger partial charge in [0.1, 0.15) is 5.82 Å². The van der Waals surface area contributed by atoms with Crippen molar-refractivity contribution in [2.45, 2.75) is 37.8 Å². The second-order valence-electron chi connectivity index (χ2n) is 4.06. The molecule has 1 saturated carbocycles. The number of nitrogens with two attached hydrogens (primary N) is 1. The maximum absolute atomic E-state index is 6.04. The van der Waals surface area contributed by atoms with Gasteiger partial charge in [0.2, 0.25) is 0 Å². The van der Waals surface area contributed by atoms with E-state index in [1.54, 1.807) is 6.20 Å². The normalized spacial score (nSPS) is 26.3. The molecule has 0 aromatic carbocycles. The van der Waals surface area contributed by atoms with E-state index in [1.807, 2.05) is 12.1 Å². The van der Waals surface area contributed by atoms with E-state index in [9.17, 15) is 0 Å². The molecule has 2 atom stereocenters. The average Bonchev–Trinajstić information content (AvgIpc) is 2.25. The van der Waals surface area contributed by atoms with Crippen LogP contribution in [0.4, 0.5) is 5.82 Å². The largest absolute Gasteiger partial charge is 0.366 e. The summed E-state index contributed by atoms with van der Waals surface area (Å²) in [6.07, 6.45) is 6.38. The number of nitrogens with zero attached hydrogens (tertiary/aromatic N) is 1. The van der Waals surface area contributed by atoms with E-state index < -0.39 is 0 Å². The summed E-state index contributed by atoms with van der Waals surface area (Å²) in [7, 11) is 0. The van der Waals surface area contributed by atoms with Crippen LogP contribution in [0.5, 0.6) is 0 Å². The van der Waals surface area contributed by atoms with Crippen molar-refractivity contribution in [1.82, 2.24) is 4.98 Å². The molecule has 82 valence electrons. The molecule has 0 amide bonds. The lowest BCUT2D eigenvalue weighted by molar-refractivity contribution is 0.403. The lowest BCUT2D eigenvalue weighted by Gasteiger charge is -2.29. The van der Waals surface area contributed by atoms with Crippen molar-refractivity contribution in [3.8, 4) is 0 Å². The van der Waals surface area contributed by atoms with E-state index in [4.69, 9.17) is 17.3 Å². The van der Waals surface area contributed by atoms with Crippen molar-refractivity contribution in [2.24, 2.45) is 5.73 Å². The smallest absolute Gasteiger partial charge is 0.126 e. The number of rotatable bonds is 2. The first-order chi connectivity index (χ1) is 7.25. The van der Waals surface area contributed by atoms with E-state index in [2.05, 4.69) is 10.3 Å². The fraction of sp³-hybridized carbons (Fsp3) is 0.545. The quantitative estimate of drug-likeness (QED) is 0.813. The highest BCUT2D eigenvalue weighted by Gasteiger charge is 2.21. The van der Waals surface area contributed by atoms with Gasteiger partial charge in [-0.15, -0.1) is 0 Å². The molecule has 0 spiro atoms. The third-order valence-electron chi connectivity index (χ3n) is 2.88. The molecule has 1 fully saturated rings. The third-order valence-corrected chi connectivity index (χ3v) is 3.10. The SMILES string of the molecule is NC1CCCCC1Nc1ccc(Cl)cn1. The van der Waals surface area contributed by atoms with Crippen molar-refractivity contribution in [3.05, 3.63) is 23.4 Å². The first kappa shape index (κ1) is 10.7. The minimum atomic E-state index is 0.247. The molecule has 1 aromatic heterocycles. The Bertz CT molecular complexity index is 312. The highest BCUT2D eigenvalue weighted by Crippen LogP contribution is 2.20. The van der Waals surface area contributed by atoms with Crippen LogP contribution in [0.3, 0.4) is 0 Å². The van der Waals surface area contributed by atoms with E-state index in [0.717, 1.165) is 18.7 Å². The number of pyridine rings is 1. The zero-order chi connectivity index (χ0) is 10.7. The molecule has 1 aliphatic rings. The van der Waals surface area contributed by atoms with Crippen LogP contribution in [0.25, 0.3) is 0 Å². The number of halogens is 1. The predicted octanol–water partition coefficient (Wildman–Crippen LogP) is 2.42. The summed E-state index contributed by atoms with van der Waals surface area (Å²) in [6.45, 7) is 0. The third kappa shape index (κ3) is 2.83. The van der Waals surface area contributed by atoms with E-state index in [0.29, 0.717) is 11.1 Å². The summed E-state index contributed by atoms with van der Waals surface area (Å²) in [5.41, 5.74) is 6.04. The first-order valence-corrected chi connectivity index (χ1v) is 5.77. The highest BCUT2D eigenvalue weighted by atomic mass is 35.5.